The number of benzene rings is 2. The monoisotopic (exact) mass is 470 g/mol. The van der Waals surface area contributed by atoms with Crippen molar-refractivity contribution in [1.82, 2.24) is 20.3 Å². The molecule has 168 valence electrons. The topological polar surface area (TPSA) is 124 Å². The van der Waals surface area contributed by atoms with Crippen LogP contribution in [0, 0.1) is 0 Å². The molecule has 0 atom stereocenters. The number of ether oxygens (including phenoxy) is 2. The summed E-state index contributed by atoms with van der Waals surface area (Å²) in [5.41, 5.74) is 7.36. The van der Waals surface area contributed by atoms with Crippen molar-refractivity contribution in [3.63, 3.8) is 0 Å². The van der Waals surface area contributed by atoms with Crippen molar-refractivity contribution in [2.24, 2.45) is 0 Å². The summed E-state index contributed by atoms with van der Waals surface area (Å²) in [6.07, 6.45) is -0.634. The predicted octanol–water partition coefficient (Wildman–Crippen LogP) is 3.92. The van der Waals surface area contributed by atoms with Crippen LogP contribution in [0.1, 0.15) is 16.3 Å². The molecule has 0 aliphatic carbocycles. The molecule has 0 unspecified atom stereocenters. The molecule has 4 heterocycles. The number of rotatable bonds is 5. The zero-order chi connectivity index (χ0) is 23.1. The molecule has 0 radical (unpaired) electrons. The molecule has 9 nitrogen and oxygen atoms in total. The number of anilines is 2. The SMILES string of the molecule is Nc1nc(C(=O)Nc2cc3ccccc3c(CNC3Oc4ccccc4O3)n2)nc2ccsc12. The number of carbonyl (C=O) groups is 1. The van der Waals surface area contributed by atoms with Crippen LogP contribution < -0.4 is 25.8 Å². The fourth-order valence-electron chi connectivity index (χ4n) is 3.79. The lowest BCUT2D eigenvalue weighted by molar-refractivity contribution is 0.0164. The highest BCUT2D eigenvalue weighted by Crippen LogP contribution is 2.33. The molecule has 4 N–H and O–H groups in total. The van der Waals surface area contributed by atoms with Crippen molar-refractivity contribution in [3.05, 3.63) is 77.6 Å². The van der Waals surface area contributed by atoms with E-state index in [2.05, 4.69) is 25.6 Å². The summed E-state index contributed by atoms with van der Waals surface area (Å²) in [5, 5.41) is 9.75. The number of nitrogens with two attached hydrogens (primary N) is 1. The zero-order valence-electron chi connectivity index (χ0n) is 17.7. The van der Waals surface area contributed by atoms with Gasteiger partial charge in [-0.05, 0) is 35.0 Å². The van der Waals surface area contributed by atoms with E-state index in [0.717, 1.165) is 21.2 Å². The van der Waals surface area contributed by atoms with Crippen molar-refractivity contribution in [2.45, 2.75) is 13.0 Å². The minimum Gasteiger partial charge on any atom is -0.438 e. The highest BCUT2D eigenvalue weighted by Gasteiger charge is 2.23. The van der Waals surface area contributed by atoms with E-state index >= 15 is 0 Å². The summed E-state index contributed by atoms with van der Waals surface area (Å²) in [6.45, 7) is 0.354. The second-order valence-corrected chi connectivity index (χ2v) is 8.51. The van der Waals surface area contributed by atoms with Crippen LogP contribution in [0.3, 0.4) is 0 Å². The van der Waals surface area contributed by atoms with E-state index in [0.29, 0.717) is 29.4 Å². The number of carbonyl (C=O) groups excluding carboxylic acids is 1. The van der Waals surface area contributed by atoms with Gasteiger partial charge in [0, 0.05) is 11.9 Å². The Balaban J connectivity index is 1.25. The standard InChI is InChI=1S/C24H18N6O3S/c25-21-20-15(9-10-34-20)28-22(30-21)23(31)29-19-11-13-5-1-2-6-14(13)16(27-19)12-26-24-32-17-7-3-4-8-18(17)33-24/h1-11,24,26H,12H2,(H2,25,28,30)(H,27,29,31). The molecule has 0 fully saturated rings. The van der Waals surface area contributed by atoms with Gasteiger partial charge < -0.3 is 20.5 Å². The first-order valence-electron chi connectivity index (χ1n) is 10.5. The van der Waals surface area contributed by atoms with Crippen LogP contribution in [0.15, 0.2) is 66.0 Å². The maximum absolute atomic E-state index is 12.9. The number of pyridine rings is 1. The highest BCUT2D eigenvalue weighted by molar-refractivity contribution is 7.17. The molecule has 1 amide bonds. The van der Waals surface area contributed by atoms with Crippen LogP contribution >= 0.6 is 11.3 Å². The molecule has 0 saturated heterocycles. The summed E-state index contributed by atoms with van der Waals surface area (Å²) < 4.78 is 12.3. The zero-order valence-corrected chi connectivity index (χ0v) is 18.5. The van der Waals surface area contributed by atoms with Crippen LogP contribution in [0.4, 0.5) is 11.6 Å². The van der Waals surface area contributed by atoms with Crippen LogP contribution in [0.25, 0.3) is 21.0 Å². The Morgan fingerprint density at radius 3 is 2.59 bits per heavy atom. The largest absolute Gasteiger partial charge is 0.438 e. The number of aromatic nitrogens is 3. The van der Waals surface area contributed by atoms with Gasteiger partial charge in [0.15, 0.2) is 11.5 Å². The average molecular weight is 471 g/mol. The van der Waals surface area contributed by atoms with E-state index in [9.17, 15) is 4.79 Å². The molecular weight excluding hydrogens is 452 g/mol. The fraction of sp³-hybridized carbons (Fsp3) is 0.0833. The molecule has 2 aromatic carbocycles. The summed E-state index contributed by atoms with van der Waals surface area (Å²) in [5.74, 6) is 1.52. The van der Waals surface area contributed by atoms with Crippen LogP contribution in [-0.2, 0) is 6.54 Å². The van der Waals surface area contributed by atoms with Crippen LogP contribution in [0.2, 0.25) is 0 Å². The molecule has 1 aliphatic rings. The maximum Gasteiger partial charge on any atom is 0.302 e. The van der Waals surface area contributed by atoms with Gasteiger partial charge >= 0.3 is 6.41 Å². The molecule has 3 aromatic heterocycles. The lowest BCUT2D eigenvalue weighted by Gasteiger charge is -2.14. The second-order valence-electron chi connectivity index (χ2n) is 7.59. The number of para-hydroxylation sites is 2. The fourth-order valence-corrected chi connectivity index (χ4v) is 4.53. The second kappa shape index (κ2) is 8.25. The number of hydrogen-bond donors (Lipinski definition) is 3. The first-order chi connectivity index (χ1) is 16.6. The molecule has 0 saturated carbocycles. The van der Waals surface area contributed by atoms with Gasteiger partial charge in [-0.3, -0.25) is 4.79 Å². The minimum atomic E-state index is -0.634. The van der Waals surface area contributed by atoms with E-state index < -0.39 is 12.3 Å². The van der Waals surface area contributed by atoms with Gasteiger partial charge in [-0.2, -0.15) is 0 Å². The number of nitrogens with zero attached hydrogens (tertiary/aromatic N) is 3. The van der Waals surface area contributed by atoms with Crippen molar-refractivity contribution < 1.29 is 14.3 Å². The first kappa shape index (κ1) is 20.3. The average Bonchev–Trinajstić information content (AvgIpc) is 3.49. The molecule has 34 heavy (non-hydrogen) atoms. The van der Waals surface area contributed by atoms with Crippen molar-refractivity contribution in [1.29, 1.82) is 0 Å². The Morgan fingerprint density at radius 2 is 1.76 bits per heavy atom. The van der Waals surface area contributed by atoms with Gasteiger partial charge in [-0.15, -0.1) is 11.3 Å². The minimum absolute atomic E-state index is 0.0106. The molecule has 6 rings (SSSR count). The Labute approximate surface area is 197 Å². The van der Waals surface area contributed by atoms with Crippen molar-refractivity contribution in [3.8, 4) is 11.5 Å². The lowest BCUT2D eigenvalue weighted by atomic mass is 10.1. The van der Waals surface area contributed by atoms with Crippen molar-refractivity contribution in [2.75, 3.05) is 11.1 Å². The van der Waals surface area contributed by atoms with Gasteiger partial charge in [0.2, 0.25) is 5.82 Å². The summed E-state index contributed by atoms with van der Waals surface area (Å²) in [7, 11) is 0. The number of nitrogen functional groups attached to an aromatic ring is 1. The van der Waals surface area contributed by atoms with E-state index in [1.807, 2.05) is 60.0 Å². The third kappa shape index (κ3) is 3.74. The number of fused-ring (bicyclic) bond motifs is 3. The number of hydrogen-bond acceptors (Lipinski definition) is 9. The van der Waals surface area contributed by atoms with Crippen LogP contribution in [-0.4, -0.2) is 27.3 Å². The molecular formula is C24H18N6O3S. The lowest BCUT2D eigenvalue weighted by Crippen LogP contribution is -2.36. The maximum atomic E-state index is 12.9. The van der Waals surface area contributed by atoms with Gasteiger partial charge in [0.05, 0.1) is 15.9 Å². The number of nitrogens with one attached hydrogen (secondary N) is 2. The Morgan fingerprint density at radius 1 is 1.00 bits per heavy atom. The third-order valence-corrected chi connectivity index (χ3v) is 6.27. The number of thiophene rings is 1. The first-order valence-corrected chi connectivity index (χ1v) is 11.4. The van der Waals surface area contributed by atoms with E-state index in [1.54, 1.807) is 6.07 Å². The van der Waals surface area contributed by atoms with Gasteiger partial charge in [-0.1, -0.05) is 36.4 Å². The van der Waals surface area contributed by atoms with E-state index in [1.165, 1.54) is 11.3 Å². The normalized spacial score (nSPS) is 12.9. The molecule has 0 spiro atoms. The number of amides is 1. The van der Waals surface area contributed by atoms with E-state index in [-0.39, 0.29) is 11.6 Å². The molecule has 5 aromatic rings. The third-order valence-electron chi connectivity index (χ3n) is 5.35. The molecule has 10 heteroatoms. The Hall–Kier alpha value is -4.28. The predicted molar refractivity (Wildman–Crippen MR) is 130 cm³/mol. The van der Waals surface area contributed by atoms with Crippen molar-refractivity contribution >= 4 is 49.9 Å². The van der Waals surface area contributed by atoms with Gasteiger partial charge in [0.1, 0.15) is 11.6 Å². The van der Waals surface area contributed by atoms with Gasteiger partial charge in [0.25, 0.3) is 5.91 Å². The smallest absolute Gasteiger partial charge is 0.302 e. The summed E-state index contributed by atoms with van der Waals surface area (Å²) in [4.78, 5) is 26.0. The summed E-state index contributed by atoms with van der Waals surface area (Å²) in [6, 6.07) is 18.9. The Bertz CT molecular complexity index is 1530. The molecule has 1 aliphatic heterocycles. The van der Waals surface area contributed by atoms with Gasteiger partial charge in [-0.25, -0.2) is 20.3 Å². The van der Waals surface area contributed by atoms with E-state index in [4.69, 9.17) is 15.2 Å². The highest BCUT2D eigenvalue weighted by atomic mass is 32.1. The quantitative estimate of drug-likeness (QED) is 0.353. The molecule has 0 bridgehead atoms. The summed E-state index contributed by atoms with van der Waals surface area (Å²) >= 11 is 1.43. The van der Waals surface area contributed by atoms with Crippen LogP contribution in [0.5, 0.6) is 11.5 Å². The Kier molecular flexibility index (Phi) is 4.93.